The van der Waals surface area contributed by atoms with Crippen molar-refractivity contribution in [2.45, 2.75) is 32.7 Å². The van der Waals surface area contributed by atoms with Crippen molar-refractivity contribution in [2.75, 3.05) is 19.6 Å². The van der Waals surface area contributed by atoms with E-state index in [0.717, 1.165) is 19.4 Å². The lowest BCUT2D eigenvalue weighted by atomic mass is 10.1. The highest BCUT2D eigenvalue weighted by Gasteiger charge is 2.25. The minimum Gasteiger partial charge on any atom is -0.505 e. The Labute approximate surface area is 120 Å². The van der Waals surface area contributed by atoms with Crippen LogP contribution in [0.5, 0.6) is 5.75 Å². The van der Waals surface area contributed by atoms with Gasteiger partial charge in [0.25, 0.3) is 5.91 Å². The molecule has 0 saturated carbocycles. The van der Waals surface area contributed by atoms with Crippen molar-refractivity contribution < 1.29 is 9.90 Å². The maximum atomic E-state index is 12.6. The molecule has 5 heteroatoms. The zero-order chi connectivity index (χ0) is 14.5. The average molecular weight is 277 g/mol. The van der Waals surface area contributed by atoms with Crippen molar-refractivity contribution in [1.29, 1.82) is 0 Å². The molecular formula is C15H23N3O2. The topological polar surface area (TPSA) is 65.5 Å². The first-order valence-electron chi connectivity index (χ1n) is 7.24. The molecule has 0 spiro atoms. The van der Waals surface area contributed by atoms with Crippen LogP contribution in [0.3, 0.4) is 0 Å². The van der Waals surface area contributed by atoms with E-state index in [2.05, 4.69) is 24.1 Å². The lowest BCUT2D eigenvalue weighted by molar-refractivity contribution is 0.0712. The van der Waals surface area contributed by atoms with Gasteiger partial charge in [-0.3, -0.25) is 4.79 Å². The minimum atomic E-state index is -0.189. The molecule has 110 valence electrons. The normalized spacial score (nSPS) is 18.4. The Bertz CT molecular complexity index is 456. The number of aromatic nitrogens is 1. The predicted octanol–water partition coefficient (Wildman–Crippen LogP) is 1.64. The number of nitrogens with one attached hydrogen (secondary N) is 1. The molecule has 1 amide bonds. The van der Waals surface area contributed by atoms with Gasteiger partial charge in [-0.2, -0.15) is 0 Å². The van der Waals surface area contributed by atoms with Gasteiger partial charge >= 0.3 is 0 Å². The molecule has 1 saturated heterocycles. The van der Waals surface area contributed by atoms with Crippen LogP contribution in [-0.4, -0.2) is 46.6 Å². The fraction of sp³-hybridized carbons (Fsp3) is 0.600. The van der Waals surface area contributed by atoms with Crippen LogP contribution in [0, 0.1) is 5.92 Å². The molecule has 0 bridgehead atoms. The fourth-order valence-corrected chi connectivity index (χ4v) is 2.57. The summed E-state index contributed by atoms with van der Waals surface area (Å²) < 4.78 is 0. The zero-order valence-corrected chi connectivity index (χ0v) is 12.2. The fourth-order valence-electron chi connectivity index (χ4n) is 2.57. The van der Waals surface area contributed by atoms with Crippen molar-refractivity contribution in [1.82, 2.24) is 15.2 Å². The molecule has 2 N–H and O–H groups in total. The number of rotatable bonds is 5. The Morgan fingerprint density at radius 3 is 3.00 bits per heavy atom. The number of pyridine rings is 1. The first-order valence-corrected chi connectivity index (χ1v) is 7.24. The van der Waals surface area contributed by atoms with Crippen molar-refractivity contribution in [3.63, 3.8) is 0 Å². The maximum Gasteiger partial charge on any atom is 0.276 e. The van der Waals surface area contributed by atoms with E-state index < -0.39 is 0 Å². The summed E-state index contributed by atoms with van der Waals surface area (Å²) in [5.41, 5.74) is 0.145. The second kappa shape index (κ2) is 6.70. The third kappa shape index (κ3) is 3.70. The Morgan fingerprint density at radius 1 is 1.60 bits per heavy atom. The molecule has 1 fully saturated rings. The standard InChI is InChI=1S/C15H23N3O2/c1-11(2)9-18(10-12-5-3-7-16-12)15(20)14-13(19)6-4-8-17-14/h4,6,8,11-12,16,19H,3,5,7,9-10H2,1-2H3. The van der Waals surface area contributed by atoms with E-state index in [1.165, 1.54) is 12.3 Å². The molecule has 1 aromatic rings. The lowest BCUT2D eigenvalue weighted by Crippen LogP contribution is -2.43. The monoisotopic (exact) mass is 277 g/mol. The van der Waals surface area contributed by atoms with Gasteiger partial charge in [0.05, 0.1) is 0 Å². The number of carbonyl (C=O) groups excluding carboxylic acids is 1. The molecular weight excluding hydrogens is 254 g/mol. The Morgan fingerprint density at radius 2 is 2.40 bits per heavy atom. The van der Waals surface area contributed by atoms with Gasteiger partial charge in [0.1, 0.15) is 5.75 Å². The molecule has 5 nitrogen and oxygen atoms in total. The van der Waals surface area contributed by atoms with Gasteiger partial charge in [-0.05, 0) is 37.4 Å². The molecule has 2 rings (SSSR count). The first kappa shape index (κ1) is 14.8. The average Bonchev–Trinajstić information content (AvgIpc) is 2.90. The Hall–Kier alpha value is -1.62. The SMILES string of the molecule is CC(C)CN(CC1CCCN1)C(=O)c1ncccc1O. The van der Waals surface area contributed by atoms with E-state index in [9.17, 15) is 9.90 Å². The summed E-state index contributed by atoms with van der Waals surface area (Å²) in [7, 11) is 0. The molecule has 1 unspecified atom stereocenters. The highest BCUT2D eigenvalue weighted by atomic mass is 16.3. The number of hydrogen-bond acceptors (Lipinski definition) is 4. The third-order valence-corrected chi connectivity index (χ3v) is 3.46. The Balaban J connectivity index is 2.12. The van der Waals surface area contributed by atoms with Gasteiger partial charge < -0.3 is 15.3 Å². The van der Waals surface area contributed by atoms with Crippen LogP contribution in [0.1, 0.15) is 37.2 Å². The van der Waals surface area contributed by atoms with E-state index in [1.807, 2.05) is 0 Å². The summed E-state index contributed by atoms with van der Waals surface area (Å²) in [4.78, 5) is 18.4. The number of aromatic hydroxyl groups is 1. The second-order valence-electron chi connectivity index (χ2n) is 5.77. The van der Waals surface area contributed by atoms with Crippen LogP contribution in [0.4, 0.5) is 0 Å². The van der Waals surface area contributed by atoms with E-state index in [4.69, 9.17) is 0 Å². The minimum absolute atomic E-state index is 0.0503. The van der Waals surface area contributed by atoms with Crippen LogP contribution in [0.25, 0.3) is 0 Å². The van der Waals surface area contributed by atoms with Gasteiger partial charge in [0.15, 0.2) is 5.69 Å². The Kier molecular flexibility index (Phi) is 4.95. The summed E-state index contributed by atoms with van der Waals surface area (Å²) in [6, 6.07) is 3.47. The van der Waals surface area contributed by atoms with Crippen molar-refractivity contribution in [2.24, 2.45) is 5.92 Å². The maximum absolute atomic E-state index is 12.6. The molecule has 0 radical (unpaired) electrons. The quantitative estimate of drug-likeness (QED) is 0.858. The van der Waals surface area contributed by atoms with Crippen molar-refractivity contribution in [3.05, 3.63) is 24.0 Å². The highest BCUT2D eigenvalue weighted by Crippen LogP contribution is 2.17. The number of nitrogens with zero attached hydrogens (tertiary/aromatic N) is 2. The summed E-state index contributed by atoms with van der Waals surface area (Å²) in [5.74, 6) is 0.141. The molecule has 1 atom stereocenters. The summed E-state index contributed by atoms with van der Waals surface area (Å²) in [5, 5.41) is 13.2. The van der Waals surface area contributed by atoms with Gasteiger partial charge in [-0.15, -0.1) is 0 Å². The molecule has 1 aromatic heterocycles. The lowest BCUT2D eigenvalue weighted by Gasteiger charge is -2.27. The van der Waals surface area contributed by atoms with Gasteiger partial charge in [0.2, 0.25) is 0 Å². The van der Waals surface area contributed by atoms with Crippen molar-refractivity contribution in [3.8, 4) is 5.75 Å². The number of hydrogen-bond donors (Lipinski definition) is 2. The first-order chi connectivity index (χ1) is 9.58. The zero-order valence-electron chi connectivity index (χ0n) is 12.2. The smallest absolute Gasteiger partial charge is 0.276 e. The molecule has 0 aliphatic carbocycles. The van der Waals surface area contributed by atoms with Crippen LogP contribution in [0.15, 0.2) is 18.3 Å². The molecule has 0 aromatic carbocycles. The number of amides is 1. The van der Waals surface area contributed by atoms with E-state index in [1.54, 1.807) is 11.0 Å². The van der Waals surface area contributed by atoms with Crippen LogP contribution in [-0.2, 0) is 0 Å². The predicted molar refractivity (Wildman–Crippen MR) is 77.7 cm³/mol. The van der Waals surface area contributed by atoms with Crippen molar-refractivity contribution >= 4 is 5.91 Å². The van der Waals surface area contributed by atoms with E-state index in [0.29, 0.717) is 25.0 Å². The highest BCUT2D eigenvalue weighted by molar-refractivity contribution is 5.94. The third-order valence-electron chi connectivity index (χ3n) is 3.46. The second-order valence-corrected chi connectivity index (χ2v) is 5.77. The van der Waals surface area contributed by atoms with E-state index >= 15 is 0 Å². The van der Waals surface area contributed by atoms with Crippen LogP contribution < -0.4 is 5.32 Å². The van der Waals surface area contributed by atoms with Crippen LogP contribution in [0.2, 0.25) is 0 Å². The van der Waals surface area contributed by atoms with Gasteiger partial charge in [0, 0.05) is 25.3 Å². The van der Waals surface area contributed by atoms with Gasteiger partial charge in [-0.25, -0.2) is 4.98 Å². The van der Waals surface area contributed by atoms with Crippen LogP contribution >= 0.6 is 0 Å². The van der Waals surface area contributed by atoms with E-state index in [-0.39, 0.29) is 17.4 Å². The number of carbonyl (C=O) groups is 1. The largest absolute Gasteiger partial charge is 0.505 e. The molecule has 1 aliphatic rings. The molecule has 1 aliphatic heterocycles. The summed E-state index contributed by atoms with van der Waals surface area (Å²) >= 11 is 0. The summed E-state index contributed by atoms with van der Waals surface area (Å²) in [6.45, 7) is 6.53. The molecule has 20 heavy (non-hydrogen) atoms. The summed E-state index contributed by atoms with van der Waals surface area (Å²) in [6.07, 6.45) is 3.79. The van der Waals surface area contributed by atoms with Gasteiger partial charge in [-0.1, -0.05) is 13.8 Å². The molecule has 2 heterocycles.